The van der Waals surface area contributed by atoms with Gasteiger partial charge in [-0.1, -0.05) is 30.3 Å². The highest BCUT2D eigenvalue weighted by atomic mass is 16.2. The average molecular weight is 238 g/mol. The van der Waals surface area contributed by atoms with E-state index >= 15 is 0 Å². The van der Waals surface area contributed by atoms with E-state index < -0.39 is 0 Å². The molecule has 0 unspecified atom stereocenters. The Kier molecular flexibility index (Phi) is 2.52. The molecule has 1 amide bonds. The molecule has 0 N–H and O–H groups in total. The Labute approximate surface area is 106 Å². The third kappa shape index (κ3) is 1.64. The van der Waals surface area contributed by atoms with Crippen molar-refractivity contribution < 1.29 is 4.79 Å². The van der Waals surface area contributed by atoms with E-state index in [0.717, 1.165) is 17.1 Å². The van der Waals surface area contributed by atoms with Crippen LogP contribution in [0, 0.1) is 0 Å². The van der Waals surface area contributed by atoms with Crippen LogP contribution in [-0.2, 0) is 4.79 Å². The minimum Gasteiger partial charge on any atom is -0.330 e. The van der Waals surface area contributed by atoms with Crippen molar-refractivity contribution in [3.8, 4) is 0 Å². The van der Waals surface area contributed by atoms with Crippen LogP contribution < -0.4 is 9.80 Å². The van der Waals surface area contributed by atoms with Gasteiger partial charge < -0.3 is 9.80 Å². The average Bonchev–Trinajstić information content (AvgIpc) is 2.44. The molecule has 0 atom stereocenters. The number of amides is 1. The fourth-order valence-electron chi connectivity index (χ4n) is 2.28. The first-order valence-corrected chi connectivity index (χ1v) is 5.95. The van der Waals surface area contributed by atoms with E-state index in [4.69, 9.17) is 0 Å². The van der Waals surface area contributed by atoms with E-state index in [-0.39, 0.29) is 5.91 Å². The molecule has 0 saturated heterocycles. The number of anilines is 3. The molecule has 2 aromatic carbocycles. The molecule has 0 bridgehead atoms. The van der Waals surface area contributed by atoms with E-state index in [1.54, 1.807) is 4.90 Å². The molecule has 3 heteroatoms. The predicted molar refractivity (Wildman–Crippen MR) is 73.3 cm³/mol. The number of likely N-dealkylation sites (N-methyl/N-ethyl adjacent to an activating group) is 1. The van der Waals surface area contributed by atoms with Gasteiger partial charge in [0.25, 0.3) is 0 Å². The van der Waals surface area contributed by atoms with Crippen molar-refractivity contribution in [2.45, 2.75) is 0 Å². The summed E-state index contributed by atoms with van der Waals surface area (Å²) in [5.74, 6) is 0.109. The minimum atomic E-state index is 0.109. The number of fused-ring (bicyclic) bond motifs is 1. The molecule has 0 aliphatic carbocycles. The van der Waals surface area contributed by atoms with Gasteiger partial charge in [0.1, 0.15) is 6.54 Å². The molecule has 3 nitrogen and oxygen atoms in total. The van der Waals surface area contributed by atoms with Gasteiger partial charge in [0, 0.05) is 12.7 Å². The maximum atomic E-state index is 12.0. The van der Waals surface area contributed by atoms with Gasteiger partial charge >= 0.3 is 0 Å². The van der Waals surface area contributed by atoms with Gasteiger partial charge in [0.15, 0.2) is 0 Å². The van der Waals surface area contributed by atoms with Gasteiger partial charge in [-0.05, 0) is 24.3 Å². The summed E-state index contributed by atoms with van der Waals surface area (Å²) in [5.41, 5.74) is 3.08. The lowest BCUT2D eigenvalue weighted by Gasteiger charge is -2.35. The third-order valence-corrected chi connectivity index (χ3v) is 3.27. The zero-order valence-electron chi connectivity index (χ0n) is 10.2. The van der Waals surface area contributed by atoms with Crippen molar-refractivity contribution in [2.24, 2.45) is 0 Å². The Hall–Kier alpha value is -2.29. The molecule has 3 rings (SSSR count). The standard InChI is InChI=1S/C15H14N2O/c1-16-13-9-5-6-10-14(13)17(11-15(16)18)12-7-3-2-4-8-12/h2-10H,11H2,1H3. The Bertz CT molecular complexity index is 580. The van der Waals surface area contributed by atoms with Crippen molar-refractivity contribution in [2.75, 3.05) is 23.4 Å². The van der Waals surface area contributed by atoms with Crippen molar-refractivity contribution in [3.63, 3.8) is 0 Å². The fourth-order valence-corrected chi connectivity index (χ4v) is 2.28. The minimum absolute atomic E-state index is 0.109. The molecule has 1 aliphatic rings. The van der Waals surface area contributed by atoms with Gasteiger partial charge in [-0.25, -0.2) is 0 Å². The molecule has 0 aromatic heterocycles. The number of benzene rings is 2. The maximum absolute atomic E-state index is 12.0. The smallest absolute Gasteiger partial charge is 0.246 e. The van der Waals surface area contributed by atoms with Gasteiger partial charge in [0.05, 0.1) is 11.4 Å². The Morgan fingerprint density at radius 3 is 2.22 bits per heavy atom. The van der Waals surface area contributed by atoms with Crippen molar-refractivity contribution in [1.29, 1.82) is 0 Å². The summed E-state index contributed by atoms with van der Waals surface area (Å²) in [5, 5.41) is 0. The summed E-state index contributed by atoms with van der Waals surface area (Å²) in [6, 6.07) is 18.0. The van der Waals surface area contributed by atoms with Crippen LogP contribution in [0.5, 0.6) is 0 Å². The first-order valence-electron chi connectivity index (χ1n) is 5.95. The van der Waals surface area contributed by atoms with Crippen LogP contribution in [0.2, 0.25) is 0 Å². The third-order valence-electron chi connectivity index (χ3n) is 3.27. The highest BCUT2D eigenvalue weighted by Gasteiger charge is 2.26. The Morgan fingerprint density at radius 2 is 1.50 bits per heavy atom. The summed E-state index contributed by atoms with van der Waals surface area (Å²) in [6.45, 7) is 0.386. The highest BCUT2D eigenvalue weighted by Crippen LogP contribution is 2.36. The maximum Gasteiger partial charge on any atom is 0.246 e. The normalized spacial score (nSPS) is 14.6. The van der Waals surface area contributed by atoms with Crippen molar-refractivity contribution in [1.82, 2.24) is 0 Å². The highest BCUT2D eigenvalue weighted by molar-refractivity contribution is 6.04. The first-order chi connectivity index (χ1) is 8.77. The van der Waals surface area contributed by atoms with Crippen molar-refractivity contribution in [3.05, 3.63) is 54.6 Å². The number of carbonyl (C=O) groups is 1. The summed E-state index contributed by atoms with van der Waals surface area (Å²) in [7, 11) is 1.82. The second-order valence-corrected chi connectivity index (χ2v) is 4.36. The predicted octanol–water partition coefficient (Wildman–Crippen LogP) is 2.80. The van der Waals surface area contributed by atoms with Crippen LogP contribution >= 0.6 is 0 Å². The monoisotopic (exact) mass is 238 g/mol. The molecule has 0 fully saturated rings. The van der Waals surface area contributed by atoms with E-state index in [1.165, 1.54) is 0 Å². The van der Waals surface area contributed by atoms with Gasteiger partial charge in [-0.2, -0.15) is 0 Å². The molecule has 2 aromatic rings. The first kappa shape index (κ1) is 10.8. The zero-order valence-corrected chi connectivity index (χ0v) is 10.2. The van der Waals surface area contributed by atoms with Gasteiger partial charge in [-0.3, -0.25) is 4.79 Å². The fraction of sp³-hybridized carbons (Fsp3) is 0.133. The van der Waals surface area contributed by atoms with Gasteiger partial charge in [-0.15, -0.1) is 0 Å². The molecule has 0 spiro atoms. The van der Waals surface area contributed by atoms with Crippen LogP contribution in [0.1, 0.15) is 0 Å². The van der Waals surface area contributed by atoms with Crippen LogP contribution in [0.4, 0.5) is 17.1 Å². The van der Waals surface area contributed by atoms with E-state index in [0.29, 0.717) is 6.54 Å². The van der Waals surface area contributed by atoms with E-state index in [1.807, 2.05) is 61.6 Å². The lowest BCUT2D eigenvalue weighted by atomic mass is 10.1. The number of hydrogen-bond donors (Lipinski definition) is 0. The Morgan fingerprint density at radius 1 is 0.889 bits per heavy atom. The summed E-state index contributed by atoms with van der Waals surface area (Å²) in [6.07, 6.45) is 0. The second-order valence-electron chi connectivity index (χ2n) is 4.36. The van der Waals surface area contributed by atoms with E-state index in [2.05, 4.69) is 4.90 Å². The zero-order chi connectivity index (χ0) is 12.5. The van der Waals surface area contributed by atoms with Crippen LogP contribution in [0.25, 0.3) is 0 Å². The molecular weight excluding hydrogens is 224 g/mol. The number of carbonyl (C=O) groups excluding carboxylic acids is 1. The van der Waals surface area contributed by atoms with Crippen molar-refractivity contribution >= 4 is 23.0 Å². The molecular formula is C15H14N2O. The number of nitrogens with zero attached hydrogens (tertiary/aromatic N) is 2. The molecule has 0 saturated carbocycles. The quantitative estimate of drug-likeness (QED) is 0.762. The molecule has 90 valence electrons. The summed E-state index contributed by atoms with van der Waals surface area (Å²) >= 11 is 0. The topological polar surface area (TPSA) is 23.6 Å². The molecule has 18 heavy (non-hydrogen) atoms. The largest absolute Gasteiger partial charge is 0.330 e. The number of rotatable bonds is 1. The molecule has 1 aliphatic heterocycles. The molecule has 1 heterocycles. The van der Waals surface area contributed by atoms with Gasteiger partial charge in [0.2, 0.25) is 5.91 Å². The summed E-state index contributed by atoms with van der Waals surface area (Å²) in [4.78, 5) is 15.8. The Balaban J connectivity index is 2.13. The van der Waals surface area contributed by atoms with Crippen LogP contribution in [-0.4, -0.2) is 19.5 Å². The SMILES string of the molecule is CN1C(=O)CN(c2ccccc2)c2ccccc21. The lowest BCUT2D eigenvalue weighted by molar-refractivity contribution is -0.117. The van der Waals surface area contributed by atoms with Crippen LogP contribution in [0.3, 0.4) is 0 Å². The van der Waals surface area contributed by atoms with Crippen LogP contribution in [0.15, 0.2) is 54.6 Å². The number of hydrogen-bond acceptors (Lipinski definition) is 2. The second kappa shape index (κ2) is 4.18. The molecule has 0 radical (unpaired) electrons. The summed E-state index contributed by atoms with van der Waals surface area (Å²) < 4.78 is 0. The van der Waals surface area contributed by atoms with E-state index in [9.17, 15) is 4.79 Å². The lowest BCUT2D eigenvalue weighted by Crippen LogP contribution is -2.41. The number of para-hydroxylation sites is 3.